The number of carbonyl (C=O) groups excluding carboxylic acids is 1. The molecular formula is C15H12BrNO2S. The average molecular weight is 350 g/mol. The predicted octanol–water partition coefficient (Wildman–Crippen LogP) is 4.32. The fraction of sp³-hybridized carbons (Fsp3) is 0.200. The zero-order chi connectivity index (χ0) is 14.7. The highest BCUT2D eigenvalue weighted by atomic mass is 79.9. The quantitative estimate of drug-likeness (QED) is 0.772. The Hall–Kier alpha value is -1.64. The molecule has 1 aromatic carbocycles. The number of halogens is 1. The zero-order valence-electron chi connectivity index (χ0n) is 11.0. The molecule has 0 saturated heterocycles. The van der Waals surface area contributed by atoms with Gasteiger partial charge in [-0.15, -0.1) is 11.3 Å². The minimum absolute atomic E-state index is 0.202. The molecule has 1 unspecified atom stereocenters. The van der Waals surface area contributed by atoms with Gasteiger partial charge in [-0.3, -0.25) is 4.79 Å². The third kappa shape index (κ3) is 2.92. The van der Waals surface area contributed by atoms with Crippen LogP contribution in [-0.4, -0.2) is 12.9 Å². The highest BCUT2D eigenvalue weighted by molar-refractivity contribution is 9.11. The lowest BCUT2D eigenvalue weighted by atomic mass is 9.93. The summed E-state index contributed by atoms with van der Waals surface area (Å²) in [5.74, 6) is -0.492. The average Bonchev–Trinajstić information content (AvgIpc) is 2.86. The molecule has 102 valence electrons. The molecule has 0 amide bonds. The van der Waals surface area contributed by atoms with E-state index in [1.54, 1.807) is 18.2 Å². The topological polar surface area (TPSA) is 50.1 Å². The first kappa shape index (κ1) is 14.8. The maximum Gasteiger partial charge on any atom is 0.194 e. The number of carbonyl (C=O) groups is 1. The number of methoxy groups -OCH3 is 1. The Kier molecular flexibility index (Phi) is 4.58. The van der Waals surface area contributed by atoms with Crippen molar-refractivity contribution < 1.29 is 9.53 Å². The Morgan fingerprint density at radius 2 is 2.15 bits per heavy atom. The van der Waals surface area contributed by atoms with Crippen molar-refractivity contribution in [2.75, 3.05) is 7.11 Å². The Balaban J connectivity index is 2.45. The van der Waals surface area contributed by atoms with Crippen molar-refractivity contribution in [1.29, 1.82) is 5.26 Å². The first-order valence-corrected chi connectivity index (χ1v) is 7.51. The number of ketones is 1. The smallest absolute Gasteiger partial charge is 0.194 e. The zero-order valence-corrected chi connectivity index (χ0v) is 13.4. The number of Topliss-reactive ketones (excluding diaryl/α,β-unsaturated/α-hetero) is 1. The number of aryl methyl sites for hydroxylation is 1. The van der Waals surface area contributed by atoms with Crippen LogP contribution in [0, 0.1) is 18.3 Å². The molecule has 0 bridgehead atoms. The Labute approximate surface area is 129 Å². The van der Waals surface area contributed by atoms with Gasteiger partial charge < -0.3 is 4.74 Å². The van der Waals surface area contributed by atoms with Crippen LogP contribution < -0.4 is 4.74 Å². The van der Waals surface area contributed by atoms with E-state index in [4.69, 9.17) is 4.74 Å². The summed E-state index contributed by atoms with van der Waals surface area (Å²) in [6, 6.07) is 11.1. The molecule has 0 radical (unpaired) electrons. The van der Waals surface area contributed by atoms with Gasteiger partial charge in [-0.1, -0.05) is 17.7 Å². The SMILES string of the molecule is COc1ccc(C)cc1C(C#N)C(=O)c1ccc(Br)s1. The summed E-state index contributed by atoms with van der Waals surface area (Å²) in [5.41, 5.74) is 1.60. The molecule has 0 N–H and O–H groups in total. The van der Waals surface area contributed by atoms with Crippen molar-refractivity contribution in [3.63, 3.8) is 0 Å². The fourth-order valence-corrected chi connectivity index (χ4v) is 3.29. The minimum Gasteiger partial charge on any atom is -0.496 e. The molecule has 0 aliphatic carbocycles. The lowest BCUT2D eigenvalue weighted by Gasteiger charge is -2.13. The summed E-state index contributed by atoms with van der Waals surface area (Å²) in [7, 11) is 1.54. The molecule has 0 aliphatic rings. The van der Waals surface area contributed by atoms with Crippen molar-refractivity contribution in [2.24, 2.45) is 0 Å². The van der Waals surface area contributed by atoms with Gasteiger partial charge in [0.2, 0.25) is 0 Å². The van der Waals surface area contributed by atoms with Gasteiger partial charge in [-0.25, -0.2) is 0 Å². The Bertz CT molecular complexity index is 687. The monoisotopic (exact) mass is 349 g/mol. The summed E-state index contributed by atoms with van der Waals surface area (Å²) in [5, 5.41) is 9.40. The highest BCUT2D eigenvalue weighted by Gasteiger charge is 2.26. The van der Waals surface area contributed by atoms with Gasteiger partial charge in [0, 0.05) is 5.56 Å². The lowest BCUT2D eigenvalue weighted by molar-refractivity contribution is 0.0981. The Morgan fingerprint density at radius 3 is 2.70 bits per heavy atom. The molecule has 0 spiro atoms. The number of hydrogen-bond donors (Lipinski definition) is 0. The van der Waals surface area contributed by atoms with E-state index in [0.29, 0.717) is 16.2 Å². The van der Waals surface area contributed by atoms with E-state index in [2.05, 4.69) is 22.0 Å². The molecule has 20 heavy (non-hydrogen) atoms. The molecule has 2 aromatic rings. The van der Waals surface area contributed by atoms with Crippen LogP contribution in [0.3, 0.4) is 0 Å². The van der Waals surface area contributed by atoms with E-state index < -0.39 is 5.92 Å². The number of rotatable bonds is 4. The van der Waals surface area contributed by atoms with E-state index in [-0.39, 0.29) is 5.78 Å². The van der Waals surface area contributed by atoms with Crippen LogP contribution in [0.2, 0.25) is 0 Å². The first-order chi connectivity index (χ1) is 9.56. The minimum atomic E-state index is -0.851. The predicted molar refractivity (Wildman–Crippen MR) is 82.4 cm³/mol. The van der Waals surface area contributed by atoms with E-state index in [1.807, 2.05) is 19.1 Å². The highest BCUT2D eigenvalue weighted by Crippen LogP contribution is 2.32. The van der Waals surface area contributed by atoms with E-state index in [0.717, 1.165) is 9.35 Å². The molecule has 3 nitrogen and oxygen atoms in total. The molecule has 1 heterocycles. The van der Waals surface area contributed by atoms with Gasteiger partial charge in [0.15, 0.2) is 5.78 Å². The maximum absolute atomic E-state index is 12.5. The van der Waals surface area contributed by atoms with Crippen molar-refractivity contribution in [1.82, 2.24) is 0 Å². The van der Waals surface area contributed by atoms with Crippen LogP contribution in [-0.2, 0) is 0 Å². The van der Waals surface area contributed by atoms with Gasteiger partial charge in [0.05, 0.1) is 21.8 Å². The van der Waals surface area contributed by atoms with Crippen LogP contribution in [0.15, 0.2) is 34.1 Å². The summed E-state index contributed by atoms with van der Waals surface area (Å²) >= 11 is 4.65. The van der Waals surface area contributed by atoms with Gasteiger partial charge >= 0.3 is 0 Å². The number of thiophene rings is 1. The second-order valence-electron chi connectivity index (χ2n) is 4.28. The Morgan fingerprint density at radius 1 is 1.40 bits per heavy atom. The molecule has 0 fully saturated rings. The van der Waals surface area contributed by atoms with E-state index in [1.165, 1.54) is 18.4 Å². The maximum atomic E-state index is 12.5. The fourth-order valence-electron chi connectivity index (χ4n) is 1.94. The van der Waals surface area contributed by atoms with E-state index >= 15 is 0 Å². The van der Waals surface area contributed by atoms with Gasteiger partial charge in [0.25, 0.3) is 0 Å². The molecular weight excluding hydrogens is 338 g/mol. The molecule has 5 heteroatoms. The van der Waals surface area contributed by atoms with Crippen molar-refractivity contribution >= 4 is 33.0 Å². The summed E-state index contributed by atoms with van der Waals surface area (Å²) in [4.78, 5) is 13.0. The molecule has 0 saturated carbocycles. The van der Waals surface area contributed by atoms with E-state index in [9.17, 15) is 10.1 Å². The first-order valence-electron chi connectivity index (χ1n) is 5.90. The molecule has 1 aromatic heterocycles. The number of nitriles is 1. The van der Waals surface area contributed by atoms with Crippen molar-refractivity contribution in [3.05, 3.63) is 50.1 Å². The summed E-state index contributed by atoms with van der Waals surface area (Å²) < 4.78 is 6.13. The van der Waals surface area contributed by atoms with Crippen LogP contribution in [0.4, 0.5) is 0 Å². The van der Waals surface area contributed by atoms with Crippen molar-refractivity contribution in [3.8, 4) is 11.8 Å². The standard InChI is InChI=1S/C15H12BrNO2S/c1-9-3-4-12(19-2)10(7-9)11(8-17)15(18)13-5-6-14(16)20-13/h3-7,11H,1-2H3. The summed E-state index contributed by atoms with van der Waals surface area (Å²) in [6.07, 6.45) is 0. The number of ether oxygens (including phenoxy) is 1. The third-order valence-corrected chi connectivity index (χ3v) is 4.54. The molecule has 0 aliphatic heterocycles. The largest absolute Gasteiger partial charge is 0.496 e. The van der Waals surface area contributed by atoms with Crippen LogP contribution in [0.25, 0.3) is 0 Å². The van der Waals surface area contributed by atoms with Crippen LogP contribution in [0.5, 0.6) is 5.75 Å². The number of nitrogens with zero attached hydrogens (tertiary/aromatic N) is 1. The second-order valence-corrected chi connectivity index (χ2v) is 6.74. The second kappa shape index (κ2) is 6.21. The van der Waals surface area contributed by atoms with Crippen molar-refractivity contribution in [2.45, 2.75) is 12.8 Å². The lowest BCUT2D eigenvalue weighted by Crippen LogP contribution is -2.11. The van der Waals surface area contributed by atoms with Gasteiger partial charge in [0.1, 0.15) is 11.7 Å². The van der Waals surface area contributed by atoms with Crippen LogP contribution >= 0.6 is 27.3 Å². The molecule has 1 atom stereocenters. The molecule has 2 rings (SSSR count). The van der Waals surface area contributed by atoms with Gasteiger partial charge in [-0.2, -0.15) is 5.26 Å². The third-order valence-electron chi connectivity index (χ3n) is 2.90. The number of benzene rings is 1. The number of hydrogen-bond acceptors (Lipinski definition) is 4. The normalized spacial score (nSPS) is 11.7. The summed E-state index contributed by atoms with van der Waals surface area (Å²) in [6.45, 7) is 1.92. The van der Waals surface area contributed by atoms with Gasteiger partial charge in [-0.05, 0) is 41.1 Å². The van der Waals surface area contributed by atoms with Crippen LogP contribution in [0.1, 0.15) is 26.7 Å².